The van der Waals surface area contributed by atoms with Crippen molar-refractivity contribution in [3.8, 4) is 0 Å². The van der Waals surface area contributed by atoms with E-state index in [0.717, 1.165) is 38.4 Å². The Bertz CT molecular complexity index is 285. The number of nitrogens with zero attached hydrogens (tertiary/aromatic N) is 3. The highest BCUT2D eigenvalue weighted by Gasteiger charge is 2.14. The maximum absolute atomic E-state index is 5.44. The van der Waals surface area contributed by atoms with Gasteiger partial charge >= 0.3 is 0 Å². The molecule has 1 aromatic heterocycles. The van der Waals surface area contributed by atoms with Crippen molar-refractivity contribution >= 4 is 12.4 Å². The highest BCUT2D eigenvalue weighted by atomic mass is 35.5. The van der Waals surface area contributed by atoms with E-state index in [4.69, 9.17) is 10.5 Å². The molecule has 0 bridgehead atoms. The van der Waals surface area contributed by atoms with Gasteiger partial charge in [-0.15, -0.1) is 12.4 Å². The van der Waals surface area contributed by atoms with Crippen LogP contribution in [0.5, 0.6) is 0 Å². The molecule has 0 amide bonds. The fourth-order valence-corrected chi connectivity index (χ4v) is 1.71. The second kappa shape index (κ2) is 6.05. The number of ether oxygens (including phenoxy) is 1. The molecular formula is C9H17ClN4O. The van der Waals surface area contributed by atoms with Crippen LogP contribution in [0.25, 0.3) is 0 Å². The Morgan fingerprint density at radius 1 is 1.47 bits per heavy atom. The van der Waals surface area contributed by atoms with Crippen LogP contribution in [0.3, 0.4) is 0 Å². The molecule has 0 spiro atoms. The molecule has 0 saturated carbocycles. The fraction of sp³-hybridized carbons (Fsp3) is 0.778. The SMILES string of the molecule is Cl.NCc1ncn(CC2CCOCC2)n1. The van der Waals surface area contributed by atoms with E-state index in [0.29, 0.717) is 12.5 Å². The average molecular weight is 233 g/mol. The molecule has 0 unspecified atom stereocenters. The molecule has 2 N–H and O–H groups in total. The lowest BCUT2D eigenvalue weighted by atomic mass is 10.0. The lowest BCUT2D eigenvalue weighted by Gasteiger charge is -2.21. The maximum Gasteiger partial charge on any atom is 0.164 e. The van der Waals surface area contributed by atoms with E-state index in [1.54, 1.807) is 6.33 Å². The first-order valence-corrected chi connectivity index (χ1v) is 5.04. The van der Waals surface area contributed by atoms with Gasteiger partial charge in [-0.25, -0.2) is 4.98 Å². The first kappa shape index (κ1) is 12.4. The minimum Gasteiger partial charge on any atom is -0.381 e. The van der Waals surface area contributed by atoms with E-state index in [-0.39, 0.29) is 12.4 Å². The largest absolute Gasteiger partial charge is 0.381 e. The minimum absolute atomic E-state index is 0. The van der Waals surface area contributed by atoms with Gasteiger partial charge in [0.1, 0.15) is 6.33 Å². The maximum atomic E-state index is 5.44. The fourth-order valence-electron chi connectivity index (χ4n) is 1.71. The number of nitrogens with two attached hydrogens (primary N) is 1. The molecule has 86 valence electrons. The minimum atomic E-state index is 0. The molecule has 5 nitrogen and oxygen atoms in total. The predicted octanol–water partition coefficient (Wildman–Crippen LogP) is 0.585. The standard InChI is InChI=1S/C9H16N4O.ClH/c10-5-9-11-7-13(12-9)6-8-1-3-14-4-2-8;/h7-8H,1-6,10H2;1H. The Kier molecular flexibility index (Phi) is 5.01. The lowest BCUT2D eigenvalue weighted by Crippen LogP contribution is -2.20. The Hall–Kier alpha value is -0.650. The summed E-state index contributed by atoms with van der Waals surface area (Å²) in [5.41, 5.74) is 5.44. The molecule has 0 aliphatic carbocycles. The molecule has 6 heteroatoms. The summed E-state index contributed by atoms with van der Waals surface area (Å²) in [6.07, 6.45) is 4.01. The second-order valence-electron chi connectivity index (χ2n) is 3.64. The molecule has 1 aliphatic rings. The summed E-state index contributed by atoms with van der Waals surface area (Å²) in [6, 6.07) is 0. The monoisotopic (exact) mass is 232 g/mol. The highest BCUT2D eigenvalue weighted by molar-refractivity contribution is 5.85. The van der Waals surface area contributed by atoms with Crippen molar-refractivity contribution in [2.75, 3.05) is 13.2 Å². The lowest BCUT2D eigenvalue weighted by molar-refractivity contribution is 0.0601. The van der Waals surface area contributed by atoms with Crippen molar-refractivity contribution < 1.29 is 4.74 Å². The van der Waals surface area contributed by atoms with Crippen molar-refractivity contribution in [2.24, 2.45) is 11.7 Å². The third kappa shape index (κ3) is 3.44. The molecule has 1 aliphatic heterocycles. The van der Waals surface area contributed by atoms with Crippen LogP contribution < -0.4 is 5.73 Å². The molecule has 1 fully saturated rings. The van der Waals surface area contributed by atoms with Crippen LogP contribution in [0.15, 0.2) is 6.33 Å². The predicted molar refractivity (Wildman–Crippen MR) is 58.7 cm³/mol. The molecular weight excluding hydrogens is 216 g/mol. The molecule has 15 heavy (non-hydrogen) atoms. The van der Waals surface area contributed by atoms with Gasteiger partial charge in [0.25, 0.3) is 0 Å². The van der Waals surface area contributed by atoms with Gasteiger partial charge in [0.15, 0.2) is 5.82 Å². The zero-order valence-corrected chi connectivity index (χ0v) is 9.45. The Morgan fingerprint density at radius 3 is 2.80 bits per heavy atom. The second-order valence-corrected chi connectivity index (χ2v) is 3.64. The van der Waals surface area contributed by atoms with Crippen molar-refractivity contribution in [1.29, 1.82) is 0 Å². The summed E-state index contributed by atoms with van der Waals surface area (Å²) >= 11 is 0. The van der Waals surface area contributed by atoms with E-state index in [9.17, 15) is 0 Å². The molecule has 0 atom stereocenters. The van der Waals surface area contributed by atoms with Gasteiger partial charge in [-0.1, -0.05) is 0 Å². The van der Waals surface area contributed by atoms with Crippen LogP contribution in [-0.2, 0) is 17.8 Å². The molecule has 1 saturated heterocycles. The van der Waals surface area contributed by atoms with Gasteiger partial charge in [0.2, 0.25) is 0 Å². The summed E-state index contributed by atoms with van der Waals surface area (Å²) in [5.74, 6) is 1.40. The zero-order chi connectivity index (χ0) is 9.80. The molecule has 1 aromatic rings. The number of rotatable bonds is 3. The van der Waals surface area contributed by atoms with Crippen LogP contribution >= 0.6 is 12.4 Å². The third-order valence-corrected chi connectivity index (χ3v) is 2.55. The topological polar surface area (TPSA) is 66.0 Å². The summed E-state index contributed by atoms with van der Waals surface area (Å²) < 4.78 is 7.19. The molecule has 2 rings (SSSR count). The number of halogens is 1. The van der Waals surface area contributed by atoms with Crippen LogP contribution in [0.2, 0.25) is 0 Å². The van der Waals surface area contributed by atoms with E-state index in [1.807, 2.05) is 4.68 Å². The summed E-state index contributed by atoms with van der Waals surface area (Å²) in [5, 5.41) is 4.26. The van der Waals surface area contributed by atoms with Gasteiger partial charge in [-0.05, 0) is 18.8 Å². The van der Waals surface area contributed by atoms with Crippen LogP contribution in [-0.4, -0.2) is 28.0 Å². The quantitative estimate of drug-likeness (QED) is 0.828. The van der Waals surface area contributed by atoms with Gasteiger partial charge < -0.3 is 10.5 Å². The summed E-state index contributed by atoms with van der Waals surface area (Å²) in [7, 11) is 0. The Labute approximate surface area is 95.4 Å². The van der Waals surface area contributed by atoms with Gasteiger partial charge in [0, 0.05) is 19.8 Å². The van der Waals surface area contributed by atoms with Crippen molar-refractivity contribution in [3.63, 3.8) is 0 Å². The van der Waals surface area contributed by atoms with E-state index in [2.05, 4.69) is 10.1 Å². The van der Waals surface area contributed by atoms with E-state index in [1.165, 1.54) is 0 Å². The molecule has 2 heterocycles. The van der Waals surface area contributed by atoms with Gasteiger partial charge in [0.05, 0.1) is 6.54 Å². The number of hydrogen-bond acceptors (Lipinski definition) is 4. The first-order valence-electron chi connectivity index (χ1n) is 5.04. The summed E-state index contributed by atoms with van der Waals surface area (Å²) in [4.78, 5) is 4.10. The van der Waals surface area contributed by atoms with Crippen LogP contribution in [0.4, 0.5) is 0 Å². The van der Waals surface area contributed by atoms with Crippen LogP contribution in [0.1, 0.15) is 18.7 Å². The normalized spacial score (nSPS) is 17.4. The van der Waals surface area contributed by atoms with Crippen molar-refractivity contribution in [3.05, 3.63) is 12.2 Å². The van der Waals surface area contributed by atoms with E-state index < -0.39 is 0 Å². The van der Waals surface area contributed by atoms with Crippen LogP contribution in [0, 0.1) is 5.92 Å². The Balaban J connectivity index is 0.00000112. The third-order valence-electron chi connectivity index (χ3n) is 2.55. The van der Waals surface area contributed by atoms with Gasteiger partial charge in [-0.2, -0.15) is 5.10 Å². The van der Waals surface area contributed by atoms with Crippen molar-refractivity contribution in [1.82, 2.24) is 14.8 Å². The zero-order valence-electron chi connectivity index (χ0n) is 8.63. The van der Waals surface area contributed by atoms with Gasteiger partial charge in [-0.3, -0.25) is 4.68 Å². The highest BCUT2D eigenvalue weighted by Crippen LogP contribution is 2.16. The smallest absolute Gasteiger partial charge is 0.164 e. The number of hydrogen-bond donors (Lipinski definition) is 1. The average Bonchev–Trinajstić information content (AvgIpc) is 2.67. The summed E-state index contributed by atoms with van der Waals surface area (Å²) in [6.45, 7) is 3.11. The van der Waals surface area contributed by atoms with Crippen molar-refractivity contribution in [2.45, 2.75) is 25.9 Å². The first-order chi connectivity index (χ1) is 6.88. The van der Waals surface area contributed by atoms with E-state index >= 15 is 0 Å². The Morgan fingerprint density at radius 2 is 2.20 bits per heavy atom. The molecule has 0 aromatic carbocycles. The molecule has 0 radical (unpaired) electrons. The number of aromatic nitrogens is 3.